The molecular weight excluding hydrogens is 290 g/mol. The second-order valence-electron chi connectivity index (χ2n) is 5.46. The van der Waals surface area contributed by atoms with Crippen LogP contribution in [0.25, 0.3) is 0 Å². The monoisotopic (exact) mass is 311 g/mol. The largest absolute Gasteiger partial charge is 0.366 e. The van der Waals surface area contributed by atoms with Crippen LogP contribution in [0.3, 0.4) is 0 Å². The molecule has 116 valence electrons. The fraction of sp³-hybridized carbons (Fsp3) is 0.467. The summed E-state index contributed by atoms with van der Waals surface area (Å²) in [6, 6.07) is 7.00. The first-order chi connectivity index (χ1) is 9.51. The van der Waals surface area contributed by atoms with Crippen LogP contribution in [0.4, 0.5) is 0 Å². The van der Waals surface area contributed by atoms with Gasteiger partial charge in [0.05, 0.1) is 5.54 Å². The van der Waals surface area contributed by atoms with Gasteiger partial charge in [-0.2, -0.15) is 0 Å². The second kappa shape index (κ2) is 7.43. The topological polar surface area (TPSA) is 84.2 Å². The fourth-order valence-corrected chi connectivity index (χ4v) is 2.46. The lowest BCUT2D eigenvalue weighted by atomic mass is 9.90. The first-order valence-electron chi connectivity index (χ1n) is 6.93. The lowest BCUT2D eigenvalue weighted by molar-refractivity contribution is -0.128. The Balaban J connectivity index is 0.00000220. The third-order valence-corrected chi connectivity index (χ3v) is 3.78. The fourth-order valence-electron chi connectivity index (χ4n) is 2.46. The highest BCUT2D eigenvalue weighted by atomic mass is 35.5. The van der Waals surface area contributed by atoms with Crippen molar-refractivity contribution in [3.8, 4) is 0 Å². The van der Waals surface area contributed by atoms with Gasteiger partial charge in [0.2, 0.25) is 11.8 Å². The third-order valence-electron chi connectivity index (χ3n) is 3.78. The van der Waals surface area contributed by atoms with Crippen molar-refractivity contribution in [2.45, 2.75) is 38.3 Å². The second-order valence-corrected chi connectivity index (χ2v) is 5.46. The molecule has 1 aromatic carbocycles. The normalized spacial score (nSPS) is 21.2. The zero-order chi connectivity index (χ0) is 14.6. The van der Waals surface area contributed by atoms with E-state index >= 15 is 0 Å². The van der Waals surface area contributed by atoms with Crippen molar-refractivity contribution in [1.29, 1.82) is 0 Å². The number of halogens is 1. The summed E-state index contributed by atoms with van der Waals surface area (Å²) < 4.78 is 0. The molecule has 5 nitrogen and oxygen atoms in total. The summed E-state index contributed by atoms with van der Waals surface area (Å²) in [6.07, 6.45) is 3.03. The molecule has 1 aromatic rings. The molecule has 0 aromatic heterocycles. The summed E-state index contributed by atoms with van der Waals surface area (Å²) in [5, 5.41) is 6.20. The molecule has 1 heterocycles. The van der Waals surface area contributed by atoms with Gasteiger partial charge in [-0.05, 0) is 50.4 Å². The summed E-state index contributed by atoms with van der Waals surface area (Å²) in [5.74, 6) is -0.458. The molecule has 0 bridgehead atoms. The number of hydrogen-bond acceptors (Lipinski definition) is 3. The summed E-state index contributed by atoms with van der Waals surface area (Å²) in [6.45, 7) is 3.21. The Labute approximate surface area is 131 Å². The van der Waals surface area contributed by atoms with Gasteiger partial charge < -0.3 is 16.4 Å². The van der Waals surface area contributed by atoms with Crippen molar-refractivity contribution in [1.82, 2.24) is 10.6 Å². The number of carbonyl (C=O) groups is 2. The van der Waals surface area contributed by atoms with E-state index in [-0.39, 0.29) is 18.3 Å². The van der Waals surface area contributed by atoms with Crippen LogP contribution in [0.5, 0.6) is 0 Å². The molecule has 0 radical (unpaired) electrons. The zero-order valence-corrected chi connectivity index (χ0v) is 13.0. The van der Waals surface area contributed by atoms with Gasteiger partial charge in [0.1, 0.15) is 0 Å². The molecule has 6 heteroatoms. The van der Waals surface area contributed by atoms with Crippen molar-refractivity contribution in [2.75, 3.05) is 6.54 Å². The molecule has 1 fully saturated rings. The van der Waals surface area contributed by atoms with Crippen molar-refractivity contribution in [3.05, 3.63) is 35.4 Å². The standard InChI is InChI=1S/C15H21N3O2.ClH/c1-15(7-2-3-8-18-15)14(20)17-10-11-5-4-6-12(9-11)13(16)19;/h4-6,9,18H,2-3,7-8,10H2,1H3,(H2,16,19)(H,17,20);1H. The van der Waals surface area contributed by atoms with Crippen LogP contribution in [0, 0.1) is 0 Å². The number of hydrogen-bond donors (Lipinski definition) is 3. The lowest BCUT2D eigenvalue weighted by Gasteiger charge is -2.33. The molecule has 0 aliphatic carbocycles. The summed E-state index contributed by atoms with van der Waals surface area (Å²) in [5.41, 5.74) is 6.08. The van der Waals surface area contributed by atoms with Gasteiger partial charge in [-0.1, -0.05) is 12.1 Å². The maximum absolute atomic E-state index is 12.2. The summed E-state index contributed by atoms with van der Waals surface area (Å²) >= 11 is 0. The Kier molecular flexibility index (Phi) is 6.18. The van der Waals surface area contributed by atoms with Gasteiger partial charge >= 0.3 is 0 Å². The van der Waals surface area contributed by atoms with Gasteiger partial charge in [-0.3, -0.25) is 9.59 Å². The molecule has 2 amide bonds. The van der Waals surface area contributed by atoms with Crippen LogP contribution in [-0.4, -0.2) is 23.9 Å². The minimum Gasteiger partial charge on any atom is -0.366 e. The minimum atomic E-state index is -0.487. The summed E-state index contributed by atoms with van der Waals surface area (Å²) in [7, 11) is 0. The van der Waals surface area contributed by atoms with Crippen LogP contribution >= 0.6 is 12.4 Å². The van der Waals surface area contributed by atoms with E-state index in [2.05, 4.69) is 10.6 Å². The smallest absolute Gasteiger partial charge is 0.248 e. The minimum absolute atomic E-state index is 0. The van der Waals surface area contributed by atoms with Crippen LogP contribution in [0.1, 0.15) is 42.1 Å². The van der Waals surface area contributed by atoms with Crippen molar-refractivity contribution < 1.29 is 9.59 Å². The third kappa shape index (κ3) is 4.44. The predicted molar refractivity (Wildman–Crippen MR) is 84.3 cm³/mol. The number of amides is 2. The highest BCUT2D eigenvalue weighted by molar-refractivity contribution is 5.93. The molecule has 1 atom stereocenters. The molecule has 1 aliphatic rings. The van der Waals surface area contributed by atoms with E-state index in [1.807, 2.05) is 13.0 Å². The van der Waals surface area contributed by atoms with Gasteiger partial charge in [0.15, 0.2) is 0 Å². The first-order valence-corrected chi connectivity index (χ1v) is 6.93. The molecule has 21 heavy (non-hydrogen) atoms. The Morgan fingerprint density at radius 3 is 2.76 bits per heavy atom. The molecule has 2 rings (SSSR count). The van der Waals surface area contributed by atoms with E-state index in [4.69, 9.17) is 5.73 Å². The maximum Gasteiger partial charge on any atom is 0.248 e. The Morgan fingerprint density at radius 1 is 1.38 bits per heavy atom. The van der Waals surface area contributed by atoms with Crippen molar-refractivity contribution in [3.63, 3.8) is 0 Å². The molecule has 0 saturated carbocycles. The van der Waals surface area contributed by atoms with E-state index in [0.717, 1.165) is 31.4 Å². The number of nitrogens with two attached hydrogens (primary N) is 1. The average molecular weight is 312 g/mol. The lowest BCUT2D eigenvalue weighted by Crippen LogP contribution is -2.56. The number of primary amides is 1. The van der Waals surface area contributed by atoms with Crippen LogP contribution in [-0.2, 0) is 11.3 Å². The van der Waals surface area contributed by atoms with Crippen LogP contribution < -0.4 is 16.4 Å². The highest BCUT2D eigenvalue weighted by Crippen LogP contribution is 2.18. The molecule has 4 N–H and O–H groups in total. The average Bonchev–Trinajstić information content (AvgIpc) is 2.45. The highest BCUT2D eigenvalue weighted by Gasteiger charge is 2.33. The number of piperidine rings is 1. The molecule has 1 aliphatic heterocycles. The van der Waals surface area contributed by atoms with Crippen LogP contribution in [0.15, 0.2) is 24.3 Å². The molecule has 1 saturated heterocycles. The Hall–Kier alpha value is -1.59. The molecule has 1 unspecified atom stereocenters. The predicted octanol–water partition coefficient (Wildman–Crippen LogP) is 1.36. The SMILES string of the molecule is CC1(C(=O)NCc2cccc(C(N)=O)c2)CCCCN1.Cl. The molecule has 0 spiro atoms. The van der Waals surface area contributed by atoms with Crippen molar-refractivity contribution >= 4 is 24.2 Å². The number of benzene rings is 1. The van der Waals surface area contributed by atoms with E-state index in [9.17, 15) is 9.59 Å². The maximum atomic E-state index is 12.2. The van der Waals surface area contributed by atoms with Gasteiger partial charge in [-0.25, -0.2) is 0 Å². The number of nitrogens with one attached hydrogen (secondary N) is 2. The Morgan fingerprint density at radius 2 is 2.14 bits per heavy atom. The summed E-state index contributed by atoms with van der Waals surface area (Å²) in [4.78, 5) is 23.4. The van der Waals surface area contributed by atoms with Gasteiger partial charge in [0.25, 0.3) is 0 Å². The first kappa shape index (κ1) is 17.5. The van der Waals surface area contributed by atoms with Gasteiger partial charge in [0, 0.05) is 12.1 Å². The zero-order valence-electron chi connectivity index (χ0n) is 12.1. The van der Waals surface area contributed by atoms with E-state index in [1.165, 1.54) is 0 Å². The van der Waals surface area contributed by atoms with E-state index in [0.29, 0.717) is 12.1 Å². The number of rotatable bonds is 4. The van der Waals surface area contributed by atoms with Crippen LogP contribution in [0.2, 0.25) is 0 Å². The Bertz CT molecular complexity index is 513. The number of carbonyl (C=O) groups excluding carboxylic acids is 2. The van der Waals surface area contributed by atoms with Crippen molar-refractivity contribution in [2.24, 2.45) is 5.73 Å². The van der Waals surface area contributed by atoms with E-state index in [1.54, 1.807) is 18.2 Å². The van der Waals surface area contributed by atoms with E-state index < -0.39 is 11.4 Å². The van der Waals surface area contributed by atoms with Gasteiger partial charge in [-0.15, -0.1) is 12.4 Å². The quantitative estimate of drug-likeness (QED) is 0.785. The molecular formula is C15H22ClN3O2.